The van der Waals surface area contributed by atoms with Crippen molar-refractivity contribution in [3.63, 3.8) is 0 Å². The molecule has 6 nitrogen and oxygen atoms in total. The Hall–Kier alpha value is -3.69. The lowest BCUT2D eigenvalue weighted by molar-refractivity contribution is -0.137. The molecule has 0 saturated carbocycles. The van der Waals surface area contributed by atoms with Gasteiger partial charge in [-0.15, -0.1) is 0 Å². The van der Waals surface area contributed by atoms with Crippen molar-refractivity contribution in [1.82, 2.24) is 19.8 Å². The van der Waals surface area contributed by atoms with Gasteiger partial charge in [0.1, 0.15) is 5.82 Å². The minimum atomic E-state index is -4.40. The SMILES string of the molecule is CC(CN1CCN(C)CC1)C(=O)Nc1ccc(-c2ccc(-c3nc4ccc(C(F)(F)F)cc4[nH]3)cc2)cc1. The van der Waals surface area contributed by atoms with E-state index in [0.29, 0.717) is 16.9 Å². The van der Waals surface area contributed by atoms with Gasteiger partial charge in [-0.2, -0.15) is 13.2 Å². The minimum absolute atomic E-state index is 0.00854. The molecule has 198 valence electrons. The van der Waals surface area contributed by atoms with Crippen LogP contribution in [0.1, 0.15) is 12.5 Å². The molecule has 0 radical (unpaired) electrons. The third-order valence-corrected chi connectivity index (χ3v) is 7.03. The van der Waals surface area contributed by atoms with Gasteiger partial charge in [0, 0.05) is 49.9 Å². The number of fused-ring (bicyclic) bond motifs is 1. The first-order valence-electron chi connectivity index (χ1n) is 12.7. The number of halogens is 3. The number of anilines is 1. The topological polar surface area (TPSA) is 64.3 Å². The van der Waals surface area contributed by atoms with Crippen LogP contribution in [0.5, 0.6) is 0 Å². The summed E-state index contributed by atoms with van der Waals surface area (Å²) in [4.78, 5) is 24.8. The van der Waals surface area contributed by atoms with Gasteiger partial charge in [0.05, 0.1) is 16.6 Å². The van der Waals surface area contributed by atoms with Crippen LogP contribution in [-0.2, 0) is 11.0 Å². The zero-order chi connectivity index (χ0) is 26.9. The fraction of sp³-hybridized carbons (Fsp3) is 0.310. The highest BCUT2D eigenvalue weighted by Gasteiger charge is 2.30. The Kier molecular flexibility index (Phi) is 7.23. The normalized spacial score (nSPS) is 16.0. The van der Waals surface area contributed by atoms with E-state index in [-0.39, 0.29) is 11.8 Å². The Balaban J connectivity index is 1.22. The van der Waals surface area contributed by atoms with E-state index in [1.807, 2.05) is 55.5 Å². The molecule has 1 aromatic heterocycles. The lowest BCUT2D eigenvalue weighted by atomic mass is 10.0. The molecule has 1 aliphatic heterocycles. The van der Waals surface area contributed by atoms with Crippen LogP contribution < -0.4 is 5.32 Å². The predicted molar refractivity (Wildman–Crippen MR) is 144 cm³/mol. The van der Waals surface area contributed by atoms with E-state index in [0.717, 1.165) is 67.2 Å². The van der Waals surface area contributed by atoms with Gasteiger partial charge in [-0.1, -0.05) is 43.3 Å². The molecule has 2 heterocycles. The van der Waals surface area contributed by atoms with E-state index in [1.54, 1.807) is 0 Å². The zero-order valence-electron chi connectivity index (χ0n) is 21.3. The third-order valence-electron chi connectivity index (χ3n) is 7.03. The highest BCUT2D eigenvalue weighted by Crippen LogP contribution is 2.32. The maximum Gasteiger partial charge on any atom is 0.416 e. The average Bonchev–Trinajstić information content (AvgIpc) is 3.34. The summed E-state index contributed by atoms with van der Waals surface area (Å²) in [6, 6.07) is 18.8. The summed E-state index contributed by atoms with van der Waals surface area (Å²) in [5.74, 6) is 0.410. The molecule has 0 aliphatic carbocycles. The summed E-state index contributed by atoms with van der Waals surface area (Å²) >= 11 is 0. The van der Waals surface area contributed by atoms with Crippen LogP contribution in [0.15, 0.2) is 66.7 Å². The molecule has 0 spiro atoms. The maximum absolute atomic E-state index is 13.0. The molecule has 0 bridgehead atoms. The summed E-state index contributed by atoms with van der Waals surface area (Å²) in [6.07, 6.45) is -4.40. The van der Waals surface area contributed by atoms with Crippen LogP contribution in [0.4, 0.5) is 18.9 Å². The number of piperazine rings is 1. The number of carbonyl (C=O) groups excluding carboxylic acids is 1. The van der Waals surface area contributed by atoms with E-state index >= 15 is 0 Å². The van der Waals surface area contributed by atoms with Crippen molar-refractivity contribution < 1.29 is 18.0 Å². The fourth-order valence-corrected chi connectivity index (χ4v) is 4.66. The number of amides is 1. The lowest BCUT2D eigenvalue weighted by Crippen LogP contribution is -2.47. The second-order valence-electron chi connectivity index (χ2n) is 9.96. The smallest absolute Gasteiger partial charge is 0.338 e. The van der Waals surface area contributed by atoms with Crippen LogP contribution >= 0.6 is 0 Å². The number of imidazole rings is 1. The highest BCUT2D eigenvalue weighted by atomic mass is 19.4. The van der Waals surface area contributed by atoms with Crippen molar-refractivity contribution in [2.45, 2.75) is 13.1 Å². The number of hydrogen-bond acceptors (Lipinski definition) is 4. The van der Waals surface area contributed by atoms with E-state index < -0.39 is 11.7 Å². The van der Waals surface area contributed by atoms with Gasteiger partial charge in [0.15, 0.2) is 0 Å². The molecule has 2 N–H and O–H groups in total. The summed E-state index contributed by atoms with van der Waals surface area (Å²) < 4.78 is 39.0. The maximum atomic E-state index is 13.0. The summed E-state index contributed by atoms with van der Waals surface area (Å²) in [5.41, 5.74) is 3.60. The molecule has 38 heavy (non-hydrogen) atoms. The first-order chi connectivity index (χ1) is 18.2. The molecule has 1 amide bonds. The summed E-state index contributed by atoms with van der Waals surface area (Å²) in [7, 11) is 2.12. The fourth-order valence-electron chi connectivity index (χ4n) is 4.66. The molecule has 1 unspecified atom stereocenters. The van der Waals surface area contributed by atoms with Crippen molar-refractivity contribution in [2.75, 3.05) is 45.1 Å². The quantitative estimate of drug-likeness (QED) is 0.340. The number of likely N-dealkylation sites (N-methyl/N-ethyl adjacent to an activating group) is 1. The molecular weight excluding hydrogens is 491 g/mol. The van der Waals surface area contributed by atoms with E-state index in [2.05, 4.69) is 32.1 Å². The van der Waals surface area contributed by atoms with Crippen LogP contribution in [0, 0.1) is 5.92 Å². The third kappa shape index (κ3) is 5.89. The number of carbonyl (C=O) groups is 1. The first kappa shape index (κ1) is 25.9. The van der Waals surface area contributed by atoms with Crippen LogP contribution in [0.3, 0.4) is 0 Å². The number of aromatic amines is 1. The number of nitrogens with zero attached hydrogens (tertiary/aromatic N) is 3. The van der Waals surface area contributed by atoms with E-state index in [1.165, 1.54) is 6.07 Å². The Morgan fingerprint density at radius 2 is 1.55 bits per heavy atom. The van der Waals surface area contributed by atoms with E-state index in [9.17, 15) is 18.0 Å². The Bertz CT molecular complexity index is 1410. The molecular formula is C29H30F3N5O. The highest BCUT2D eigenvalue weighted by molar-refractivity contribution is 5.92. The van der Waals surface area contributed by atoms with Crippen LogP contribution in [0.25, 0.3) is 33.5 Å². The average molecular weight is 522 g/mol. The van der Waals surface area contributed by atoms with Crippen molar-refractivity contribution in [3.8, 4) is 22.5 Å². The standard InChI is InChI=1S/C29H30F3N5O/c1-19(18-37-15-13-36(2)14-16-37)28(38)33-24-10-7-21(8-11-24)20-3-5-22(6-4-20)27-34-25-12-9-23(29(30,31)32)17-26(25)35-27/h3-12,17,19H,13-16,18H2,1-2H3,(H,33,38)(H,34,35). The second-order valence-corrected chi connectivity index (χ2v) is 9.96. The second kappa shape index (κ2) is 10.6. The molecule has 9 heteroatoms. The predicted octanol–water partition coefficient (Wildman–Crippen LogP) is 5.74. The van der Waals surface area contributed by atoms with Gasteiger partial charge >= 0.3 is 6.18 Å². The van der Waals surface area contributed by atoms with Gasteiger partial charge in [0.2, 0.25) is 5.91 Å². The molecule has 1 fully saturated rings. The number of hydrogen-bond donors (Lipinski definition) is 2. The number of rotatable bonds is 6. The first-order valence-corrected chi connectivity index (χ1v) is 12.7. The van der Waals surface area contributed by atoms with Crippen molar-refractivity contribution in [2.24, 2.45) is 5.92 Å². The molecule has 3 aromatic carbocycles. The van der Waals surface area contributed by atoms with Gasteiger partial charge < -0.3 is 20.1 Å². The van der Waals surface area contributed by atoms with E-state index in [4.69, 9.17) is 0 Å². The number of H-pyrrole nitrogens is 1. The molecule has 5 rings (SSSR count). The number of aromatic nitrogens is 2. The largest absolute Gasteiger partial charge is 0.416 e. The Morgan fingerprint density at radius 1 is 0.947 bits per heavy atom. The van der Waals surface area contributed by atoms with Crippen molar-refractivity contribution in [1.29, 1.82) is 0 Å². The van der Waals surface area contributed by atoms with Gasteiger partial charge in [-0.25, -0.2) is 4.98 Å². The van der Waals surface area contributed by atoms with Crippen molar-refractivity contribution >= 4 is 22.6 Å². The molecule has 1 saturated heterocycles. The monoisotopic (exact) mass is 521 g/mol. The van der Waals surface area contributed by atoms with Gasteiger partial charge in [0.25, 0.3) is 0 Å². The summed E-state index contributed by atoms with van der Waals surface area (Å²) in [6.45, 7) is 6.73. The zero-order valence-corrected chi connectivity index (χ0v) is 21.3. The minimum Gasteiger partial charge on any atom is -0.338 e. The number of alkyl halides is 3. The summed E-state index contributed by atoms with van der Waals surface area (Å²) in [5, 5.41) is 3.02. The number of benzene rings is 3. The Labute approximate surface area is 219 Å². The van der Waals surface area contributed by atoms with Gasteiger partial charge in [-0.3, -0.25) is 4.79 Å². The van der Waals surface area contributed by atoms with Gasteiger partial charge in [-0.05, 0) is 48.5 Å². The number of nitrogens with one attached hydrogen (secondary N) is 2. The molecule has 1 aliphatic rings. The Morgan fingerprint density at radius 3 is 2.18 bits per heavy atom. The molecule has 1 atom stereocenters. The van der Waals surface area contributed by atoms with Crippen LogP contribution in [0.2, 0.25) is 0 Å². The lowest BCUT2D eigenvalue weighted by Gasteiger charge is -2.33. The van der Waals surface area contributed by atoms with Crippen molar-refractivity contribution in [3.05, 3.63) is 72.3 Å². The molecule has 4 aromatic rings. The van der Waals surface area contributed by atoms with Crippen LogP contribution in [-0.4, -0.2) is 65.4 Å².